The van der Waals surface area contributed by atoms with Crippen molar-refractivity contribution in [2.24, 2.45) is 0 Å². The molecule has 16 heavy (non-hydrogen) atoms. The van der Waals surface area contributed by atoms with E-state index in [1.54, 1.807) is 0 Å². The molecule has 0 spiro atoms. The quantitative estimate of drug-likeness (QED) is 0.729. The van der Waals surface area contributed by atoms with Gasteiger partial charge in [0.15, 0.2) is 0 Å². The lowest BCUT2D eigenvalue weighted by molar-refractivity contribution is 0.270. The molecule has 90 valence electrons. The third kappa shape index (κ3) is 3.66. The number of aromatic nitrogens is 2. The Morgan fingerprint density at radius 2 is 2.12 bits per heavy atom. The molecule has 0 unspecified atom stereocenters. The predicted molar refractivity (Wildman–Crippen MR) is 64.5 cm³/mol. The largest absolute Gasteiger partial charge is 0.477 e. The predicted octanol–water partition coefficient (Wildman–Crippen LogP) is 0.952. The molecule has 1 aromatic rings. The molecule has 0 aromatic carbocycles. The van der Waals surface area contributed by atoms with Gasteiger partial charge in [-0.1, -0.05) is 6.92 Å². The normalized spacial score (nSPS) is 10.8. The van der Waals surface area contributed by atoms with Crippen LogP contribution in [0.2, 0.25) is 0 Å². The van der Waals surface area contributed by atoms with Crippen LogP contribution in [0.25, 0.3) is 0 Å². The number of nitrogen functional groups attached to an aromatic ring is 1. The van der Waals surface area contributed by atoms with Crippen LogP contribution in [0.5, 0.6) is 5.88 Å². The fourth-order valence-electron chi connectivity index (χ4n) is 1.42. The van der Waals surface area contributed by atoms with Gasteiger partial charge in [0.25, 0.3) is 0 Å². The highest BCUT2D eigenvalue weighted by atomic mass is 16.5. The van der Waals surface area contributed by atoms with E-state index in [4.69, 9.17) is 10.5 Å². The Kier molecular flexibility index (Phi) is 4.98. The van der Waals surface area contributed by atoms with Crippen molar-refractivity contribution >= 4 is 5.82 Å². The Balaban J connectivity index is 2.50. The van der Waals surface area contributed by atoms with E-state index in [2.05, 4.69) is 14.9 Å². The van der Waals surface area contributed by atoms with Crippen LogP contribution in [0.15, 0.2) is 6.33 Å². The van der Waals surface area contributed by atoms with Gasteiger partial charge in [0.2, 0.25) is 5.88 Å². The minimum Gasteiger partial charge on any atom is -0.477 e. The van der Waals surface area contributed by atoms with E-state index in [-0.39, 0.29) is 0 Å². The molecule has 0 saturated heterocycles. The summed E-state index contributed by atoms with van der Waals surface area (Å²) in [6, 6.07) is 0. The molecule has 5 heteroatoms. The first-order valence-corrected chi connectivity index (χ1v) is 5.52. The van der Waals surface area contributed by atoms with Crippen LogP contribution in [0.3, 0.4) is 0 Å². The van der Waals surface area contributed by atoms with Crippen LogP contribution in [0.1, 0.15) is 18.9 Å². The lowest BCUT2D eigenvalue weighted by Gasteiger charge is -2.12. The second-order valence-corrected chi connectivity index (χ2v) is 3.90. The lowest BCUT2D eigenvalue weighted by atomic mass is 10.2. The maximum Gasteiger partial charge on any atom is 0.221 e. The van der Waals surface area contributed by atoms with Gasteiger partial charge in [0.05, 0.1) is 12.2 Å². The van der Waals surface area contributed by atoms with Gasteiger partial charge in [-0.05, 0) is 26.9 Å². The molecule has 0 aliphatic heterocycles. The molecule has 0 bridgehead atoms. The molecule has 0 aliphatic rings. The van der Waals surface area contributed by atoms with Gasteiger partial charge >= 0.3 is 0 Å². The van der Waals surface area contributed by atoms with Crippen molar-refractivity contribution in [2.45, 2.75) is 19.8 Å². The number of nitrogens with two attached hydrogens (primary N) is 1. The smallest absolute Gasteiger partial charge is 0.221 e. The topological polar surface area (TPSA) is 64.3 Å². The number of ether oxygens (including phenoxy) is 1. The third-order valence-corrected chi connectivity index (χ3v) is 2.28. The summed E-state index contributed by atoms with van der Waals surface area (Å²) in [6.45, 7) is 3.67. The Morgan fingerprint density at radius 3 is 2.75 bits per heavy atom. The number of hydrogen-bond donors (Lipinski definition) is 1. The highest BCUT2D eigenvalue weighted by Gasteiger charge is 2.07. The monoisotopic (exact) mass is 224 g/mol. The van der Waals surface area contributed by atoms with Crippen LogP contribution >= 0.6 is 0 Å². The first-order chi connectivity index (χ1) is 7.65. The van der Waals surface area contributed by atoms with E-state index in [9.17, 15) is 0 Å². The van der Waals surface area contributed by atoms with Gasteiger partial charge in [-0.3, -0.25) is 0 Å². The van der Waals surface area contributed by atoms with Crippen LogP contribution in [0.4, 0.5) is 5.82 Å². The number of rotatable bonds is 6. The summed E-state index contributed by atoms with van der Waals surface area (Å²) in [5.74, 6) is 1.13. The van der Waals surface area contributed by atoms with E-state index in [1.807, 2.05) is 21.0 Å². The third-order valence-electron chi connectivity index (χ3n) is 2.28. The maximum atomic E-state index is 5.75. The van der Waals surface area contributed by atoms with E-state index >= 15 is 0 Å². The van der Waals surface area contributed by atoms with Gasteiger partial charge in [-0.25, -0.2) is 9.97 Å². The summed E-state index contributed by atoms with van der Waals surface area (Å²) in [5.41, 5.74) is 6.64. The second-order valence-electron chi connectivity index (χ2n) is 3.90. The molecule has 0 saturated carbocycles. The average Bonchev–Trinajstić information content (AvgIpc) is 2.24. The first kappa shape index (κ1) is 12.7. The van der Waals surface area contributed by atoms with Crippen LogP contribution in [0, 0.1) is 0 Å². The molecule has 0 atom stereocenters. The molecular formula is C11H20N4O. The highest BCUT2D eigenvalue weighted by Crippen LogP contribution is 2.19. The fourth-order valence-corrected chi connectivity index (χ4v) is 1.42. The summed E-state index contributed by atoms with van der Waals surface area (Å²) in [6.07, 6.45) is 3.20. The van der Waals surface area contributed by atoms with Crippen molar-refractivity contribution in [3.63, 3.8) is 0 Å². The minimum absolute atomic E-state index is 0.514. The van der Waals surface area contributed by atoms with Gasteiger partial charge in [0, 0.05) is 6.54 Å². The Hall–Kier alpha value is -1.36. The van der Waals surface area contributed by atoms with Gasteiger partial charge in [0.1, 0.15) is 12.1 Å². The van der Waals surface area contributed by atoms with E-state index in [0.29, 0.717) is 18.3 Å². The summed E-state index contributed by atoms with van der Waals surface area (Å²) in [4.78, 5) is 10.2. The lowest BCUT2D eigenvalue weighted by Crippen LogP contribution is -2.16. The van der Waals surface area contributed by atoms with Crippen molar-refractivity contribution in [3.8, 4) is 5.88 Å². The molecule has 2 N–H and O–H groups in total. The Bertz CT molecular complexity index is 328. The molecule has 0 radical (unpaired) electrons. The van der Waals surface area contributed by atoms with Crippen molar-refractivity contribution in [3.05, 3.63) is 11.9 Å². The van der Waals surface area contributed by atoms with Crippen LogP contribution in [-0.4, -0.2) is 42.1 Å². The van der Waals surface area contributed by atoms with Crippen molar-refractivity contribution in [1.29, 1.82) is 0 Å². The fraction of sp³-hybridized carbons (Fsp3) is 0.636. The summed E-state index contributed by atoms with van der Waals surface area (Å²) in [7, 11) is 4.08. The van der Waals surface area contributed by atoms with Gasteiger partial charge in [-0.15, -0.1) is 0 Å². The van der Waals surface area contributed by atoms with E-state index in [0.717, 1.165) is 24.9 Å². The Morgan fingerprint density at radius 1 is 1.38 bits per heavy atom. The second kappa shape index (κ2) is 6.27. The minimum atomic E-state index is 0.514. The van der Waals surface area contributed by atoms with Gasteiger partial charge in [-0.2, -0.15) is 0 Å². The number of anilines is 1. The SMILES string of the molecule is CCc1c(N)ncnc1OCCCN(C)C. The van der Waals surface area contributed by atoms with Crippen molar-refractivity contribution in [1.82, 2.24) is 14.9 Å². The first-order valence-electron chi connectivity index (χ1n) is 5.52. The van der Waals surface area contributed by atoms with Crippen molar-refractivity contribution in [2.75, 3.05) is 33.0 Å². The highest BCUT2D eigenvalue weighted by molar-refractivity contribution is 5.44. The molecule has 1 aromatic heterocycles. The molecule has 0 aliphatic carbocycles. The molecule has 5 nitrogen and oxygen atoms in total. The van der Waals surface area contributed by atoms with E-state index in [1.165, 1.54) is 6.33 Å². The zero-order chi connectivity index (χ0) is 12.0. The van der Waals surface area contributed by atoms with Gasteiger partial charge < -0.3 is 15.4 Å². The molecule has 1 heterocycles. The maximum absolute atomic E-state index is 5.75. The summed E-state index contributed by atoms with van der Waals surface area (Å²) >= 11 is 0. The number of hydrogen-bond acceptors (Lipinski definition) is 5. The van der Waals surface area contributed by atoms with Crippen molar-refractivity contribution < 1.29 is 4.74 Å². The van der Waals surface area contributed by atoms with Crippen LogP contribution < -0.4 is 10.5 Å². The van der Waals surface area contributed by atoms with E-state index < -0.39 is 0 Å². The Labute approximate surface area is 96.6 Å². The molecular weight excluding hydrogens is 204 g/mol. The van der Waals surface area contributed by atoms with Crippen LogP contribution in [-0.2, 0) is 6.42 Å². The number of nitrogens with zero attached hydrogens (tertiary/aromatic N) is 3. The molecule has 0 fully saturated rings. The average molecular weight is 224 g/mol. The summed E-state index contributed by atoms with van der Waals surface area (Å²) < 4.78 is 5.60. The molecule has 1 rings (SSSR count). The zero-order valence-electron chi connectivity index (χ0n) is 10.2. The standard InChI is InChI=1S/C11H20N4O/c1-4-9-10(12)13-8-14-11(9)16-7-5-6-15(2)3/h8H,4-7H2,1-3H3,(H2,12,13,14). The molecule has 0 amide bonds. The summed E-state index contributed by atoms with van der Waals surface area (Å²) in [5, 5.41) is 0. The zero-order valence-corrected chi connectivity index (χ0v) is 10.2.